The lowest BCUT2D eigenvalue weighted by Crippen LogP contribution is -2.51. The van der Waals surface area contributed by atoms with Crippen LogP contribution in [0.4, 0.5) is 18.9 Å². The van der Waals surface area contributed by atoms with Crippen LogP contribution in [0.5, 0.6) is 0 Å². The van der Waals surface area contributed by atoms with Crippen LogP contribution in [-0.2, 0) is 10.3 Å². The van der Waals surface area contributed by atoms with E-state index in [0.717, 1.165) is 19.1 Å². The molecule has 28 heavy (non-hydrogen) atoms. The van der Waals surface area contributed by atoms with Gasteiger partial charge in [-0.15, -0.1) is 0 Å². The second kappa shape index (κ2) is 6.84. The van der Waals surface area contributed by atoms with E-state index in [4.69, 9.17) is 11.0 Å². The number of amides is 1. The zero-order chi connectivity index (χ0) is 20.5. The van der Waals surface area contributed by atoms with Crippen molar-refractivity contribution in [3.05, 3.63) is 59.2 Å². The highest BCUT2D eigenvalue weighted by Crippen LogP contribution is 2.44. The van der Waals surface area contributed by atoms with Gasteiger partial charge in [-0.1, -0.05) is 0 Å². The number of aromatic nitrogens is 1. The van der Waals surface area contributed by atoms with Gasteiger partial charge in [-0.25, -0.2) is 14.4 Å². The van der Waals surface area contributed by atoms with E-state index in [2.05, 4.69) is 20.0 Å². The summed E-state index contributed by atoms with van der Waals surface area (Å²) in [7, 11) is 0. The molecule has 0 bridgehead atoms. The fourth-order valence-electron chi connectivity index (χ4n) is 2.66. The van der Waals surface area contributed by atoms with Crippen LogP contribution in [0.25, 0.3) is 0 Å². The lowest BCUT2D eigenvalue weighted by molar-refractivity contribution is -0.117. The maximum Gasteiger partial charge on any atom is 0.310 e. The molecule has 1 atom stereocenters. The number of alkyl halides is 2. The molecule has 0 saturated heterocycles. The third kappa shape index (κ3) is 3.34. The van der Waals surface area contributed by atoms with Gasteiger partial charge in [-0.05, 0) is 37.3 Å². The molecule has 2 aromatic rings. The standard InChI is InChI=1S/C18H14F3N5O2/c1-17(18(20,21)9-28-16(23)26-17)12-6-11(3-4-13(12)19)25-15(27)14-5-2-10(7-22)8-24-14/h2-6,8H,9H2,1H3,(H2,23,26)(H,25,27)/t17-/m1/s1. The Balaban J connectivity index is 1.94. The molecule has 0 aliphatic carbocycles. The Morgan fingerprint density at radius 1 is 1.36 bits per heavy atom. The molecule has 0 saturated carbocycles. The number of nitrogens with one attached hydrogen (secondary N) is 1. The molecule has 1 aliphatic rings. The van der Waals surface area contributed by atoms with E-state index in [1.807, 2.05) is 6.07 Å². The number of carbonyl (C=O) groups is 1. The van der Waals surface area contributed by atoms with Gasteiger partial charge in [0.25, 0.3) is 11.9 Å². The highest BCUT2D eigenvalue weighted by Gasteiger charge is 2.56. The largest absolute Gasteiger partial charge is 0.459 e. The predicted molar refractivity (Wildman–Crippen MR) is 93.2 cm³/mol. The van der Waals surface area contributed by atoms with Gasteiger partial charge in [0.1, 0.15) is 17.6 Å². The van der Waals surface area contributed by atoms with E-state index >= 15 is 0 Å². The molecule has 0 spiro atoms. The first-order valence-electron chi connectivity index (χ1n) is 8.00. The van der Waals surface area contributed by atoms with Crippen LogP contribution < -0.4 is 11.1 Å². The van der Waals surface area contributed by atoms with Gasteiger partial charge in [0.2, 0.25) is 0 Å². The molecule has 0 unspecified atom stereocenters. The van der Waals surface area contributed by atoms with Gasteiger partial charge < -0.3 is 15.8 Å². The summed E-state index contributed by atoms with van der Waals surface area (Å²) in [5, 5.41) is 11.2. The molecule has 3 N–H and O–H groups in total. The second-order valence-electron chi connectivity index (χ2n) is 6.21. The van der Waals surface area contributed by atoms with Crippen molar-refractivity contribution in [1.29, 1.82) is 5.26 Å². The average Bonchev–Trinajstić information content (AvgIpc) is 2.66. The smallest absolute Gasteiger partial charge is 0.310 e. The molecule has 1 aliphatic heterocycles. The number of nitrogens with two attached hydrogens (primary N) is 1. The summed E-state index contributed by atoms with van der Waals surface area (Å²) >= 11 is 0. The summed E-state index contributed by atoms with van der Waals surface area (Å²) < 4.78 is 47.8. The molecule has 1 aromatic carbocycles. The Morgan fingerprint density at radius 2 is 2.11 bits per heavy atom. The van der Waals surface area contributed by atoms with Crippen LogP contribution in [0.15, 0.2) is 41.5 Å². The maximum absolute atomic E-state index is 14.4. The average molecular weight is 389 g/mol. The molecular weight excluding hydrogens is 375 g/mol. The normalized spacial score (nSPS) is 20.5. The summed E-state index contributed by atoms with van der Waals surface area (Å²) in [5.74, 6) is -5.13. The molecule has 2 heterocycles. The van der Waals surface area contributed by atoms with Crippen molar-refractivity contribution in [2.75, 3.05) is 11.9 Å². The Bertz CT molecular complexity index is 1000. The predicted octanol–water partition coefficient (Wildman–Crippen LogP) is 2.54. The monoisotopic (exact) mass is 389 g/mol. The van der Waals surface area contributed by atoms with Crippen LogP contribution >= 0.6 is 0 Å². The highest BCUT2D eigenvalue weighted by molar-refractivity contribution is 6.02. The number of nitrogens with zero attached hydrogens (tertiary/aromatic N) is 3. The number of hydrogen-bond acceptors (Lipinski definition) is 6. The number of rotatable bonds is 3. The van der Waals surface area contributed by atoms with E-state index in [0.29, 0.717) is 0 Å². The third-order valence-corrected chi connectivity index (χ3v) is 4.32. The summed E-state index contributed by atoms with van der Waals surface area (Å²) in [6, 6.07) is 7.34. The Morgan fingerprint density at radius 3 is 2.75 bits per heavy atom. The first-order valence-corrected chi connectivity index (χ1v) is 8.00. The van der Waals surface area contributed by atoms with Crippen molar-refractivity contribution in [2.45, 2.75) is 18.4 Å². The van der Waals surface area contributed by atoms with Crippen molar-refractivity contribution < 1.29 is 22.7 Å². The van der Waals surface area contributed by atoms with E-state index in [9.17, 15) is 18.0 Å². The van der Waals surface area contributed by atoms with Crippen LogP contribution in [0.3, 0.4) is 0 Å². The molecule has 144 valence electrons. The fraction of sp³-hybridized carbons (Fsp3) is 0.222. The molecule has 1 amide bonds. The first kappa shape index (κ1) is 19.2. The number of aliphatic imine (C=N–C) groups is 1. The van der Waals surface area contributed by atoms with E-state index in [-0.39, 0.29) is 16.9 Å². The lowest BCUT2D eigenvalue weighted by Gasteiger charge is -2.37. The van der Waals surface area contributed by atoms with Crippen molar-refractivity contribution in [2.24, 2.45) is 10.7 Å². The summed E-state index contributed by atoms with van der Waals surface area (Å²) in [4.78, 5) is 19.7. The van der Waals surface area contributed by atoms with E-state index < -0.39 is 41.4 Å². The van der Waals surface area contributed by atoms with Crippen LogP contribution in [0.1, 0.15) is 28.5 Å². The number of amidine groups is 1. The zero-order valence-corrected chi connectivity index (χ0v) is 14.5. The number of benzene rings is 1. The van der Waals surface area contributed by atoms with Crippen molar-refractivity contribution >= 4 is 17.6 Å². The number of nitriles is 1. The van der Waals surface area contributed by atoms with E-state index in [1.165, 1.54) is 24.4 Å². The summed E-state index contributed by atoms with van der Waals surface area (Å²) in [6.07, 6.45) is 1.21. The third-order valence-electron chi connectivity index (χ3n) is 4.32. The van der Waals surface area contributed by atoms with Gasteiger partial charge in [-0.2, -0.15) is 14.0 Å². The first-order chi connectivity index (χ1) is 13.2. The molecule has 7 nitrogen and oxygen atoms in total. The van der Waals surface area contributed by atoms with Crippen LogP contribution in [-0.4, -0.2) is 29.4 Å². The number of halogens is 3. The zero-order valence-electron chi connectivity index (χ0n) is 14.5. The number of anilines is 1. The molecule has 3 rings (SSSR count). The molecule has 0 fully saturated rings. The molecular formula is C18H14F3N5O2. The minimum Gasteiger partial charge on any atom is -0.459 e. The maximum atomic E-state index is 14.4. The Hall–Kier alpha value is -3.61. The van der Waals surface area contributed by atoms with Crippen molar-refractivity contribution in [3.63, 3.8) is 0 Å². The fourth-order valence-corrected chi connectivity index (χ4v) is 2.66. The second-order valence-corrected chi connectivity index (χ2v) is 6.21. The van der Waals surface area contributed by atoms with Gasteiger partial charge in [0.15, 0.2) is 12.1 Å². The molecule has 10 heteroatoms. The van der Waals surface area contributed by atoms with Crippen molar-refractivity contribution in [1.82, 2.24) is 4.98 Å². The minimum atomic E-state index is -3.53. The Labute approximate surface area is 157 Å². The summed E-state index contributed by atoms with van der Waals surface area (Å²) in [6.45, 7) is -0.0153. The number of ether oxygens (including phenoxy) is 1. The number of hydrogen-bond donors (Lipinski definition) is 2. The van der Waals surface area contributed by atoms with Gasteiger partial charge in [0, 0.05) is 17.4 Å². The van der Waals surface area contributed by atoms with Crippen LogP contribution in [0.2, 0.25) is 0 Å². The SMILES string of the molecule is C[C@]1(c2cc(NC(=O)c3ccc(C#N)cn3)ccc2F)N=C(N)OCC1(F)F. The Kier molecular flexibility index (Phi) is 4.68. The van der Waals surface area contributed by atoms with E-state index in [1.54, 1.807) is 0 Å². The van der Waals surface area contributed by atoms with Crippen molar-refractivity contribution in [3.8, 4) is 6.07 Å². The molecule has 0 radical (unpaired) electrons. The van der Waals surface area contributed by atoms with Crippen LogP contribution in [0, 0.1) is 17.1 Å². The lowest BCUT2D eigenvalue weighted by atomic mass is 9.85. The number of carbonyl (C=O) groups excluding carboxylic acids is 1. The quantitative estimate of drug-likeness (QED) is 0.838. The minimum absolute atomic E-state index is 0.00486. The highest BCUT2D eigenvalue weighted by atomic mass is 19.3. The van der Waals surface area contributed by atoms with Gasteiger partial charge >= 0.3 is 5.92 Å². The topological polar surface area (TPSA) is 113 Å². The number of pyridine rings is 1. The van der Waals surface area contributed by atoms with Gasteiger partial charge in [0.05, 0.1) is 5.56 Å². The summed E-state index contributed by atoms with van der Waals surface area (Å²) in [5.41, 5.74) is 2.97. The van der Waals surface area contributed by atoms with Gasteiger partial charge in [-0.3, -0.25) is 4.79 Å². The molecule has 1 aromatic heterocycles.